The molecule has 1 aliphatic rings. The average molecular weight is 225 g/mol. The standard InChI is InChI=1S/C12H19NOS/c1-2-10-9(5-8-15-10)11(14)12(13)6-3-4-7-12/h5,8,11,14H,2-4,6-7,13H2,1H3. The fourth-order valence-electron chi connectivity index (χ4n) is 2.50. The zero-order valence-electron chi connectivity index (χ0n) is 9.20. The molecule has 1 aromatic heterocycles. The van der Waals surface area contributed by atoms with Gasteiger partial charge in [-0.2, -0.15) is 0 Å². The molecule has 15 heavy (non-hydrogen) atoms. The maximum Gasteiger partial charge on any atom is 0.0980 e. The van der Waals surface area contributed by atoms with E-state index in [1.165, 1.54) is 4.88 Å². The van der Waals surface area contributed by atoms with Crippen molar-refractivity contribution in [3.8, 4) is 0 Å². The highest BCUT2D eigenvalue weighted by Crippen LogP contribution is 2.39. The van der Waals surface area contributed by atoms with Gasteiger partial charge in [-0.25, -0.2) is 0 Å². The van der Waals surface area contributed by atoms with E-state index >= 15 is 0 Å². The first-order valence-electron chi connectivity index (χ1n) is 5.70. The summed E-state index contributed by atoms with van der Waals surface area (Å²) in [5, 5.41) is 12.4. The molecule has 1 unspecified atom stereocenters. The summed E-state index contributed by atoms with van der Waals surface area (Å²) in [7, 11) is 0. The van der Waals surface area contributed by atoms with E-state index in [1.807, 2.05) is 6.07 Å². The third-order valence-electron chi connectivity index (χ3n) is 3.47. The third kappa shape index (κ3) is 1.96. The Kier molecular flexibility index (Phi) is 3.14. The summed E-state index contributed by atoms with van der Waals surface area (Å²) in [6.07, 6.45) is 4.72. The number of aliphatic hydroxyl groups excluding tert-OH is 1. The predicted octanol–water partition coefficient (Wildman–Crippen LogP) is 2.62. The van der Waals surface area contributed by atoms with Gasteiger partial charge in [0.15, 0.2) is 0 Å². The molecule has 0 aliphatic heterocycles. The highest BCUT2D eigenvalue weighted by molar-refractivity contribution is 7.10. The van der Waals surface area contributed by atoms with Crippen LogP contribution in [0.1, 0.15) is 49.2 Å². The topological polar surface area (TPSA) is 46.2 Å². The lowest BCUT2D eigenvalue weighted by Crippen LogP contribution is -2.43. The van der Waals surface area contributed by atoms with Crippen molar-refractivity contribution in [1.29, 1.82) is 0 Å². The first kappa shape index (κ1) is 11.1. The number of aryl methyl sites for hydroxylation is 1. The van der Waals surface area contributed by atoms with E-state index in [2.05, 4.69) is 12.3 Å². The van der Waals surface area contributed by atoms with Gasteiger partial charge in [-0.1, -0.05) is 19.8 Å². The molecule has 0 bridgehead atoms. The third-order valence-corrected chi connectivity index (χ3v) is 4.56. The van der Waals surface area contributed by atoms with Gasteiger partial charge in [0, 0.05) is 10.4 Å². The fourth-order valence-corrected chi connectivity index (χ4v) is 3.36. The van der Waals surface area contributed by atoms with Crippen LogP contribution in [0.15, 0.2) is 11.4 Å². The summed E-state index contributed by atoms with van der Waals surface area (Å²) in [6, 6.07) is 2.03. The van der Waals surface area contributed by atoms with Crippen molar-refractivity contribution < 1.29 is 5.11 Å². The van der Waals surface area contributed by atoms with Gasteiger partial charge in [0.1, 0.15) is 0 Å². The molecule has 1 fully saturated rings. The summed E-state index contributed by atoms with van der Waals surface area (Å²) in [4.78, 5) is 1.28. The Morgan fingerprint density at radius 3 is 2.80 bits per heavy atom. The Morgan fingerprint density at radius 2 is 2.20 bits per heavy atom. The molecule has 1 atom stereocenters. The second-order valence-electron chi connectivity index (χ2n) is 4.50. The molecule has 84 valence electrons. The summed E-state index contributed by atoms with van der Waals surface area (Å²) < 4.78 is 0. The van der Waals surface area contributed by atoms with Crippen LogP contribution in [0.5, 0.6) is 0 Å². The zero-order valence-corrected chi connectivity index (χ0v) is 10.0. The van der Waals surface area contributed by atoms with Gasteiger partial charge in [0.05, 0.1) is 6.10 Å². The lowest BCUT2D eigenvalue weighted by molar-refractivity contribution is 0.0869. The Labute approximate surface area is 95.1 Å². The van der Waals surface area contributed by atoms with Crippen LogP contribution < -0.4 is 5.73 Å². The molecular weight excluding hydrogens is 206 g/mol. The van der Waals surface area contributed by atoms with Crippen molar-refractivity contribution in [1.82, 2.24) is 0 Å². The van der Waals surface area contributed by atoms with E-state index in [0.29, 0.717) is 0 Å². The molecule has 0 radical (unpaired) electrons. The average Bonchev–Trinajstić information content (AvgIpc) is 2.85. The quantitative estimate of drug-likeness (QED) is 0.830. The van der Waals surface area contributed by atoms with Crippen LogP contribution in [0.25, 0.3) is 0 Å². The van der Waals surface area contributed by atoms with Gasteiger partial charge in [0.25, 0.3) is 0 Å². The van der Waals surface area contributed by atoms with Crippen molar-refractivity contribution in [2.24, 2.45) is 5.73 Å². The number of thiophene rings is 1. The molecule has 1 aromatic rings. The number of nitrogens with two attached hydrogens (primary N) is 1. The minimum absolute atomic E-state index is 0.370. The molecular formula is C12H19NOS. The van der Waals surface area contributed by atoms with E-state index in [-0.39, 0.29) is 5.54 Å². The monoisotopic (exact) mass is 225 g/mol. The molecule has 1 heterocycles. The smallest absolute Gasteiger partial charge is 0.0980 e. The van der Waals surface area contributed by atoms with Crippen LogP contribution in [-0.4, -0.2) is 10.6 Å². The maximum absolute atomic E-state index is 10.4. The Hall–Kier alpha value is -0.380. The first-order chi connectivity index (χ1) is 7.17. The van der Waals surface area contributed by atoms with Crippen LogP contribution in [-0.2, 0) is 6.42 Å². The minimum atomic E-state index is -0.471. The van der Waals surface area contributed by atoms with Crippen LogP contribution >= 0.6 is 11.3 Å². The predicted molar refractivity (Wildman–Crippen MR) is 64.0 cm³/mol. The van der Waals surface area contributed by atoms with Gasteiger partial charge in [0.2, 0.25) is 0 Å². The van der Waals surface area contributed by atoms with E-state index in [4.69, 9.17) is 5.73 Å². The van der Waals surface area contributed by atoms with E-state index in [1.54, 1.807) is 11.3 Å². The van der Waals surface area contributed by atoms with Crippen LogP contribution in [0.4, 0.5) is 0 Å². The van der Waals surface area contributed by atoms with Gasteiger partial charge < -0.3 is 10.8 Å². The zero-order chi connectivity index (χ0) is 10.9. The van der Waals surface area contributed by atoms with Crippen LogP contribution in [0, 0.1) is 0 Å². The van der Waals surface area contributed by atoms with Gasteiger partial charge in [-0.05, 0) is 36.3 Å². The largest absolute Gasteiger partial charge is 0.386 e. The first-order valence-corrected chi connectivity index (χ1v) is 6.58. The molecule has 2 nitrogen and oxygen atoms in total. The second kappa shape index (κ2) is 4.24. The number of hydrogen-bond acceptors (Lipinski definition) is 3. The Bertz CT molecular complexity index is 328. The van der Waals surface area contributed by atoms with Crippen molar-refractivity contribution in [2.75, 3.05) is 0 Å². The van der Waals surface area contributed by atoms with E-state index in [9.17, 15) is 5.11 Å². The highest BCUT2D eigenvalue weighted by Gasteiger charge is 2.38. The second-order valence-corrected chi connectivity index (χ2v) is 5.50. The van der Waals surface area contributed by atoms with Crippen LogP contribution in [0.3, 0.4) is 0 Å². The van der Waals surface area contributed by atoms with Gasteiger partial charge >= 0.3 is 0 Å². The van der Waals surface area contributed by atoms with Gasteiger partial charge in [-0.3, -0.25) is 0 Å². The molecule has 0 spiro atoms. The summed E-state index contributed by atoms with van der Waals surface area (Å²) in [5.74, 6) is 0. The number of rotatable bonds is 3. The number of hydrogen-bond donors (Lipinski definition) is 2. The van der Waals surface area contributed by atoms with Crippen molar-refractivity contribution in [3.63, 3.8) is 0 Å². The van der Waals surface area contributed by atoms with Crippen LogP contribution in [0.2, 0.25) is 0 Å². The lowest BCUT2D eigenvalue weighted by atomic mass is 9.87. The Balaban J connectivity index is 2.23. The fraction of sp³-hybridized carbons (Fsp3) is 0.667. The maximum atomic E-state index is 10.4. The molecule has 1 aliphatic carbocycles. The normalized spacial score (nSPS) is 21.8. The summed E-state index contributed by atoms with van der Waals surface area (Å²) in [6.45, 7) is 2.12. The van der Waals surface area contributed by atoms with Gasteiger partial charge in [-0.15, -0.1) is 11.3 Å². The molecule has 3 heteroatoms. The molecule has 2 rings (SSSR count). The van der Waals surface area contributed by atoms with E-state index in [0.717, 1.165) is 37.7 Å². The lowest BCUT2D eigenvalue weighted by Gasteiger charge is -2.30. The summed E-state index contributed by atoms with van der Waals surface area (Å²) >= 11 is 1.72. The molecule has 0 amide bonds. The van der Waals surface area contributed by atoms with Crippen molar-refractivity contribution in [2.45, 2.75) is 50.7 Å². The molecule has 0 saturated heterocycles. The molecule has 1 saturated carbocycles. The SMILES string of the molecule is CCc1sccc1C(O)C1(N)CCCC1. The van der Waals surface area contributed by atoms with E-state index < -0.39 is 6.10 Å². The van der Waals surface area contributed by atoms with Crippen molar-refractivity contribution in [3.05, 3.63) is 21.9 Å². The number of aliphatic hydroxyl groups is 1. The minimum Gasteiger partial charge on any atom is -0.386 e. The molecule has 3 N–H and O–H groups in total. The van der Waals surface area contributed by atoms with Crippen molar-refractivity contribution >= 4 is 11.3 Å². The Morgan fingerprint density at radius 1 is 1.53 bits per heavy atom. The highest BCUT2D eigenvalue weighted by atomic mass is 32.1. The summed E-state index contributed by atoms with van der Waals surface area (Å²) in [5.41, 5.74) is 6.96. The molecule has 0 aromatic carbocycles.